The SMILES string of the molecule is CCCCCCCCCCCCCCCCCCC(=O)OC[C@H](COP(=O)(O)OC[C@@H](O)COP(=O)(O)OC[C@@H](COC(=O)CCCCCCCCCCCC)OC(=O)CCCCCCCCCCCCCCC(C)C)OC(=O)CCCCCCCCCCCCCCCCC(C)CC. The zero-order chi connectivity index (χ0) is 72.8. The van der Waals surface area contributed by atoms with Gasteiger partial charge >= 0.3 is 39.5 Å². The standard InChI is InChI=1S/C80H156O17P2/c1-7-10-12-14-16-18-20-21-22-23-27-33-39-45-51-57-63-78(83)91-69-76(97-79(84)64-58-52-46-40-34-28-25-24-26-32-37-43-49-55-61-73(6)9-3)71-95-99(88,89)93-67-74(81)66-92-98(86,87)94-70-75(68-90-77(82)62-56-50-44-38-19-17-15-13-11-8-2)96-80(85)65-59-53-47-41-35-30-29-31-36-42-48-54-60-72(4)5/h72-76,81H,7-71H2,1-6H3,(H,86,87)(H,88,89)/t73?,74-,75+,76+/m0/s1. The number of hydrogen-bond donors (Lipinski definition) is 3. The van der Waals surface area contributed by atoms with Gasteiger partial charge in [-0.15, -0.1) is 0 Å². The van der Waals surface area contributed by atoms with Gasteiger partial charge in [0.15, 0.2) is 12.2 Å². The van der Waals surface area contributed by atoms with Gasteiger partial charge in [0.1, 0.15) is 19.3 Å². The molecule has 0 aromatic rings. The summed E-state index contributed by atoms with van der Waals surface area (Å²) in [5, 5.41) is 10.6. The van der Waals surface area contributed by atoms with Crippen molar-refractivity contribution < 1.29 is 80.2 Å². The molecule has 0 aliphatic carbocycles. The number of aliphatic hydroxyl groups is 1. The molecule has 0 spiro atoms. The molecule has 99 heavy (non-hydrogen) atoms. The molecule has 19 heteroatoms. The second-order valence-corrected chi connectivity index (χ2v) is 32.4. The Kier molecular flexibility index (Phi) is 70.3. The number of unbranched alkanes of at least 4 members (excludes halogenated alkanes) is 48. The number of aliphatic hydroxyl groups excluding tert-OH is 1. The Morgan fingerprint density at radius 1 is 0.293 bits per heavy atom. The summed E-state index contributed by atoms with van der Waals surface area (Å²) in [5.74, 6) is -0.486. The third-order valence-electron chi connectivity index (χ3n) is 19.1. The van der Waals surface area contributed by atoms with Crippen LogP contribution in [-0.2, 0) is 65.4 Å². The second kappa shape index (κ2) is 71.7. The van der Waals surface area contributed by atoms with E-state index < -0.39 is 97.5 Å². The molecule has 0 aliphatic rings. The van der Waals surface area contributed by atoms with Gasteiger partial charge in [-0.05, 0) is 37.5 Å². The predicted octanol–water partition coefficient (Wildman–Crippen LogP) is 23.9. The van der Waals surface area contributed by atoms with Crippen molar-refractivity contribution >= 4 is 39.5 Å². The van der Waals surface area contributed by atoms with Crippen LogP contribution in [0.5, 0.6) is 0 Å². The Hall–Kier alpha value is -1.94. The molecule has 0 saturated carbocycles. The zero-order valence-electron chi connectivity index (χ0n) is 64.8. The van der Waals surface area contributed by atoms with E-state index in [2.05, 4.69) is 41.5 Å². The first-order valence-electron chi connectivity index (χ1n) is 41.5. The molecule has 0 saturated heterocycles. The van der Waals surface area contributed by atoms with E-state index in [-0.39, 0.29) is 25.7 Å². The second-order valence-electron chi connectivity index (χ2n) is 29.5. The van der Waals surface area contributed by atoms with E-state index in [4.69, 9.17) is 37.0 Å². The summed E-state index contributed by atoms with van der Waals surface area (Å²) in [6, 6.07) is 0. The van der Waals surface area contributed by atoms with Crippen LogP contribution in [0.25, 0.3) is 0 Å². The molecular formula is C80H156O17P2. The Morgan fingerprint density at radius 3 is 0.768 bits per heavy atom. The summed E-state index contributed by atoms with van der Waals surface area (Å²) in [6.07, 6.45) is 60.8. The minimum Gasteiger partial charge on any atom is -0.462 e. The van der Waals surface area contributed by atoms with Crippen LogP contribution < -0.4 is 0 Å². The van der Waals surface area contributed by atoms with E-state index in [1.54, 1.807) is 0 Å². The molecule has 6 atom stereocenters. The lowest BCUT2D eigenvalue weighted by Gasteiger charge is -2.21. The maximum Gasteiger partial charge on any atom is 0.472 e. The Labute approximate surface area is 607 Å². The first kappa shape index (κ1) is 97.1. The molecule has 0 rings (SSSR count). The van der Waals surface area contributed by atoms with E-state index in [1.165, 1.54) is 238 Å². The number of carbonyl (C=O) groups excluding carboxylic acids is 4. The summed E-state index contributed by atoms with van der Waals surface area (Å²) in [7, 11) is -9.92. The van der Waals surface area contributed by atoms with Crippen molar-refractivity contribution in [1.82, 2.24) is 0 Å². The van der Waals surface area contributed by atoms with E-state index in [9.17, 15) is 43.2 Å². The third kappa shape index (κ3) is 72.8. The molecule has 0 aromatic carbocycles. The van der Waals surface area contributed by atoms with Gasteiger partial charge in [-0.2, -0.15) is 0 Å². The smallest absolute Gasteiger partial charge is 0.462 e. The predicted molar refractivity (Wildman–Crippen MR) is 405 cm³/mol. The van der Waals surface area contributed by atoms with E-state index in [1.807, 2.05) is 0 Å². The summed E-state index contributed by atoms with van der Waals surface area (Å²) in [5.41, 5.74) is 0. The summed E-state index contributed by atoms with van der Waals surface area (Å²) in [6.45, 7) is 9.69. The number of esters is 4. The van der Waals surface area contributed by atoms with E-state index in [0.717, 1.165) is 102 Å². The molecular weight excluding hydrogens is 1290 g/mol. The van der Waals surface area contributed by atoms with Crippen LogP contribution in [0, 0.1) is 11.8 Å². The fourth-order valence-corrected chi connectivity index (χ4v) is 13.9. The molecule has 0 fully saturated rings. The largest absolute Gasteiger partial charge is 0.472 e. The molecule has 0 amide bonds. The molecule has 0 aliphatic heterocycles. The highest BCUT2D eigenvalue weighted by Gasteiger charge is 2.30. The van der Waals surface area contributed by atoms with Gasteiger partial charge in [-0.3, -0.25) is 37.3 Å². The Bertz CT molecular complexity index is 1910. The van der Waals surface area contributed by atoms with Crippen molar-refractivity contribution in [2.24, 2.45) is 11.8 Å². The molecule has 0 bridgehead atoms. The van der Waals surface area contributed by atoms with Crippen molar-refractivity contribution in [2.45, 2.75) is 439 Å². The van der Waals surface area contributed by atoms with Crippen molar-refractivity contribution in [1.29, 1.82) is 0 Å². The van der Waals surface area contributed by atoms with Crippen molar-refractivity contribution in [3.8, 4) is 0 Å². The average molecular weight is 1450 g/mol. The van der Waals surface area contributed by atoms with E-state index in [0.29, 0.717) is 25.7 Å². The number of ether oxygens (including phenoxy) is 4. The van der Waals surface area contributed by atoms with Crippen LogP contribution in [-0.4, -0.2) is 96.7 Å². The monoisotopic (exact) mass is 1450 g/mol. The van der Waals surface area contributed by atoms with Gasteiger partial charge in [-0.1, -0.05) is 369 Å². The quantitative estimate of drug-likeness (QED) is 0.0222. The van der Waals surface area contributed by atoms with Crippen molar-refractivity contribution in [2.75, 3.05) is 39.6 Å². The lowest BCUT2D eigenvalue weighted by molar-refractivity contribution is -0.161. The molecule has 0 aromatic heterocycles. The average Bonchev–Trinajstić information content (AvgIpc) is 0.959. The first-order chi connectivity index (χ1) is 47.9. The van der Waals surface area contributed by atoms with Gasteiger partial charge in [0.05, 0.1) is 26.4 Å². The fraction of sp³-hybridized carbons (Fsp3) is 0.950. The topological polar surface area (TPSA) is 237 Å². The maximum absolute atomic E-state index is 13.1. The number of carbonyl (C=O) groups is 4. The fourth-order valence-electron chi connectivity index (χ4n) is 12.3. The van der Waals surface area contributed by atoms with Gasteiger partial charge in [0.2, 0.25) is 0 Å². The highest BCUT2D eigenvalue weighted by molar-refractivity contribution is 7.47. The highest BCUT2D eigenvalue weighted by atomic mass is 31.2. The summed E-state index contributed by atoms with van der Waals surface area (Å²) in [4.78, 5) is 73.0. The molecule has 0 radical (unpaired) electrons. The summed E-state index contributed by atoms with van der Waals surface area (Å²) < 4.78 is 68.7. The number of phosphoric ester groups is 2. The van der Waals surface area contributed by atoms with E-state index >= 15 is 0 Å². The molecule has 17 nitrogen and oxygen atoms in total. The van der Waals surface area contributed by atoms with Crippen molar-refractivity contribution in [3.05, 3.63) is 0 Å². The molecule has 3 N–H and O–H groups in total. The van der Waals surface area contributed by atoms with Crippen LogP contribution in [0.15, 0.2) is 0 Å². The van der Waals surface area contributed by atoms with Gasteiger partial charge in [0, 0.05) is 25.7 Å². The number of rotatable bonds is 79. The lowest BCUT2D eigenvalue weighted by Crippen LogP contribution is -2.30. The van der Waals surface area contributed by atoms with Crippen LogP contribution in [0.3, 0.4) is 0 Å². The van der Waals surface area contributed by atoms with Crippen LogP contribution >= 0.6 is 15.6 Å². The summed E-state index contributed by atoms with van der Waals surface area (Å²) >= 11 is 0. The number of phosphoric acid groups is 2. The normalized spacial score (nSPS) is 14.2. The van der Waals surface area contributed by atoms with Gasteiger partial charge in [0.25, 0.3) is 0 Å². The minimum absolute atomic E-state index is 0.107. The Balaban J connectivity index is 5.25. The zero-order valence-corrected chi connectivity index (χ0v) is 66.6. The Morgan fingerprint density at radius 2 is 0.515 bits per heavy atom. The minimum atomic E-state index is -4.96. The molecule has 0 heterocycles. The lowest BCUT2D eigenvalue weighted by atomic mass is 9.99. The van der Waals surface area contributed by atoms with Crippen molar-refractivity contribution in [3.63, 3.8) is 0 Å². The highest BCUT2D eigenvalue weighted by Crippen LogP contribution is 2.45. The molecule has 588 valence electrons. The number of hydrogen-bond acceptors (Lipinski definition) is 15. The van der Waals surface area contributed by atoms with Gasteiger partial charge < -0.3 is 33.8 Å². The van der Waals surface area contributed by atoms with Crippen LogP contribution in [0.4, 0.5) is 0 Å². The molecule has 3 unspecified atom stereocenters. The van der Waals surface area contributed by atoms with Gasteiger partial charge in [-0.25, -0.2) is 9.13 Å². The van der Waals surface area contributed by atoms with Crippen LogP contribution in [0.2, 0.25) is 0 Å². The van der Waals surface area contributed by atoms with Crippen LogP contribution in [0.1, 0.15) is 420 Å². The maximum atomic E-state index is 13.1. The first-order valence-corrected chi connectivity index (χ1v) is 44.5. The third-order valence-corrected chi connectivity index (χ3v) is 21.0.